The van der Waals surface area contributed by atoms with E-state index in [4.69, 9.17) is 0 Å². The molecule has 0 aliphatic carbocycles. The lowest BCUT2D eigenvalue weighted by Crippen LogP contribution is -2.47. The van der Waals surface area contributed by atoms with E-state index in [9.17, 15) is 19.8 Å². The number of carbonyl (C=O) groups excluding carboxylic acids is 1. The summed E-state index contributed by atoms with van der Waals surface area (Å²) in [5.41, 5.74) is 1.63. The van der Waals surface area contributed by atoms with Gasteiger partial charge in [0.2, 0.25) is 0 Å². The van der Waals surface area contributed by atoms with Gasteiger partial charge in [-0.1, -0.05) is 24.3 Å². The fraction of sp³-hybridized carbons (Fsp3) is 0.467. The third-order valence-corrected chi connectivity index (χ3v) is 3.63. The molecule has 0 saturated heterocycles. The molecule has 2 amide bonds. The number of hydrogen-bond donors (Lipinski definition) is 2. The molecule has 21 heavy (non-hydrogen) atoms. The number of aliphatic hydroxyl groups excluding tert-OH is 1. The SMILES string of the molecule is CC(O)CN(C)C(=O)N1Cc2ccccc2C(C(=O)O)C1. The Morgan fingerprint density at radius 1 is 1.43 bits per heavy atom. The number of urea groups is 1. The van der Waals surface area contributed by atoms with E-state index < -0.39 is 18.0 Å². The number of aliphatic carboxylic acids is 1. The second kappa shape index (κ2) is 6.13. The van der Waals surface area contributed by atoms with E-state index in [0.717, 1.165) is 11.1 Å². The van der Waals surface area contributed by atoms with Crippen LogP contribution in [0, 0.1) is 0 Å². The molecule has 2 unspecified atom stereocenters. The van der Waals surface area contributed by atoms with Gasteiger partial charge in [0.25, 0.3) is 0 Å². The fourth-order valence-corrected chi connectivity index (χ4v) is 2.68. The van der Waals surface area contributed by atoms with Crippen molar-refractivity contribution in [3.05, 3.63) is 35.4 Å². The lowest BCUT2D eigenvalue weighted by atomic mass is 9.90. The standard InChI is InChI=1S/C15H20N2O4/c1-10(18)7-16(2)15(21)17-8-11-5-3-4-6-12(11)13(9-17)14(19)20/h3-6,10,13,18H,7-9H2,1-2H3,(H,19,20). The van der Waals surface area contributed by atoms with Crippen LogP contribution in [-0.4, -0.2) is 58.3 Å². The highest BCUT2D eigenvalue weighted by molar-refractivity contribution is 5.80. The molecule has 0 bridgehead atoms. The number of hydrogen-bond acceptors (Lipinski definition) is 3. The Hall–Kier alpha value is -2.08. The Morgan fingerprint density at radius 2 is 2.10 bits per heavy atom. The van der Waals surface area contributed by atoms with Crippen molar-refractivity contribution in [2.24, 2.45) is 0 Å². The van der Waals surface area contributed by atoms with E-state index in [1.54, 1.807) is 20.0 Å². The number of benzene rings is 1. The van der Waals surface area contributed by atoms with Crippen LogP contribution in [0.5, 0.6) is 0 Å². The van der Waals surface area contributed by atoms with Gasteiger partial charge in [-0.05, 0) is 18.1 Å². The number of carboxylic acid groups (broad SMARTS) is 1. The molecule has 2 atom stereocenters. The number of carboxylic acids is 1. The topological polar surface area (TPSA) is 81.1 Å². The Bertz CT molecular complexity index is 544. The van der Waals surface area contributed by atoms with Gasteiger partial charge in [-0.25, -0.2) is 4.79 Å². The van der Waals surface area contributed by atoms with Crippen molar-refractivity contribution in [3.8, 4) is 0 Å². The molecule has 0 spiro atoms. The number of nitrogens with zero attached hydrogens (tertiary/aromatic N) is 2. The van der Waals surface area contributed by atoms with Crippen LogP contribution in [0.25, 0.3) is 0 Å². The fourth-order valence-electron chi connectivity index (χ4n) is 2.68. The van der Waals surface area contributed by atoms with Gasteiger partial charge in [-0.15, -0.1) is 0 Å². The first-order valence-corrected chi connectivity index (χ1v) is 6.89. The van der Waals surface area contributed by atoms with Gasteiger partial charge in [-0.2, -0.15) is 0 Å². The van der Waals surface area contributed by atoms with Crippen molar-refractivity contribution < 1.29 is 19.8 Å². The van der Waals surface area contributed by atoms with Crippen molar-refractivity contribution in [1.29, 1.82) is 0 Å². The lowest BCUT2D eigenvalue weighted by Gasteiger charge is -2.35. The molecule has 114 valence electrons. The van der Waals surface area contributed by atoms with Crippen LogP contribution in [0.3, 0.4) is 0 Å². The second-order valence-corrected chi connectivity index (χ2v) is 5.48. The molecule has 1 aliphatic heterocycles. The summed E-state index contributed by atoms with van der Waals surface area (Å²) in [6.07, 6.45) is -0.619. The number of amides is 2. The van der Waals surface area contributed by atoms with Crippen molar-refractivity contribution in [1.82, 2.24) is 9.80 Å². The maximum Gasteiger partial charge on any atom is 0.320 e. The predicted octanol–water partition coefficient (Wildman–Crippen LogP) is 1.10. The van der Waals surface area contributed by atoms with E-state index in [0.29, 0.717) is 6.54 Å². The van der Waals surface area contributed by atoms with Crippen LogP contribution in [0.15, 0.2) is 24.3 Å². The van der Waals surface area contributed by atoms with E-state index in [1.807, 2.05) is 18.2 Å². The summed E-state index contributed by atoms with van der Waals surface area (Å²) in [6.45, 7) is 2.36. The Morgan fingerprint density at radius 3 is 2.71 bits per heavy atom. The van der Waals surface area contributed by atoms with Gasteiger partial charge >= 0.3 is 12.0 Å². The molecule has 6 heteroatoms. The van der Waals surface area contributed by atoms with Gasteiger partial charge in [-0.3, -0.25) is 4.79 Å². The zero-order chi connectivity index (χ0) is 15.6. The number of rotatable bonds is 3. The zero-order valence-electron chi connectivity index (χ0n) is 12.2. The van der Waals surface area contributed by atoms with Gasteiger partial charge in [0.1, 0.15) is 0 Å². The van der Waals surface area contributed by atoms with Crippen molar-refractivity contribution in [3.63, 3.8) is 0 Å². The third-order valence-electron chi connectivity index (χ3n) is 3.63. The molecule has 6 nitrogen and oxygen atoms in total. The van der Waals surface area contributed by atoms with E-state index in [-0.39, 0.29) is 19.1 Å². The molecule has 0 fully saturated rings. The molecule has 0 saturated carbocycles. The molecule has 1 heterocycles. The van der Waals surface area contributed by atoms with Crippen LogP contribution in [-0.2, 0) is 11.3 Å². The van der Waals surface area contributed by atoms with Crippen LogP contribution < -0.4 is 0 Å². The van der Waals surface area contributed by atoms with Gasteiger partial charge in [0.15, 0.2) is 0 Å². The van der Waals surface area contributed by atoms with Gasteiger partial charge in [0.05, 0.1) is 12.0 Å². The number of aliphatic hydroxyl groups is 1. The van der Waals surface area contributed by atoms with Crippen molar-refractivity contribution >= 4 is 12.0 Å². The number of fused-ring (bicyclic) bond motifs is 1. The first-order chi connectivity index (χ1) is 9.90. The minimum absolute atomic E-state index is 0.148. The van der Waals surface area contributed by atoms with Crippen molar-refractivity contribution in [2.45, 2.75) is 25.5 Å². The van der Waals surface area contributed by atoms with Gasteiger partial charge in [0, 0.05) is 26.7 Å². The summed E-state index contributed by atoms with van der Waals surface area (Å²) in [6, 6.07) is 7.03. The zero-order valence-corrected chi connectivity index (χ0v) is 12.2. The van der Waals surface area contributed by atoms with Crippen LogP contribution in [0.1, 0.15) is 24.0 Å². The average molecular weight is 292 g/mol. The minimum atomic E-state index is -0.932. The van der Waals surface area contributed by atoms with E-state index in [1.165, 1.54) is 9.80 Å². The number of carbonyl (C=O) groups is 2. The first-order valence-electron chi connectivity index (χ1n) is 6.89. The molecule has 2 rings (SSSR count). The highest BCUT2D eigenvalue weighted by Gasteiger charge is 2.33. The molecule has 1 aromatic carbocycles. The van der Waals surface area contributed by atoms with Crippen LogP contribution in [0.4, 0.5) is 4.79 Å². The predicted molar refractivity (Wildman–Crippen MR) is 76.9 cm³/mol. The van der Waals surface area contributed by atoms with Crippen LogP contribution >= 0.6 is 0 Å². The molecule has 1 aromatic rings. The summed E-state index contributed by atoms with van der Waals surface area (Å²) < 4.78 is 0. The van der Waals surface area contributed by atoms with E-state index >= 15 is 0 Å². The molecule has 0 radical (unpaired) electrons. The average Bonchev–Trinajstić information content (AvgIpc) is 2.44. The summed E-state index contributed by atoms with van der Waals surface area (Å²) >= 11 is 0. The highest BCUT2D eigenvalue weighted by atomic mass is 16.4. The Labute approximate surface area is 123 Å². The smallest absolute Gasteiger partial charge is 0.320 e. The summed E-state index contributed by atoms with van der Waals surface area (Å²) in [5, 5.41) is 18.7. The van der Waals surface area contributed by atoms with E-state index in [2.05, 4.69) is 0 Å². The molecule has 1 aliphatic rings. The number of likely N-dealkylation sites (N-methyl/N-ethyl adjacent to an activating group) is 1. The normalized spacial score (nSPS) is 18.8. The second-order valence-electron chi connectivity index (χ2n) is 5.48. The molecular formula is C15H20N2O4. The summed E-state index contributed by atoms with van der Waals surface area (Å²) in [5.74, 6) is -1.64. The Balaban J connectivity index is 2.21. The lowest BCUT2D eigenvalue weighted by molar-refractivity contribution is -0.139. The van der Waals surface area contributed by atoms with Gasteiger partial charge < -0.3 is 20.0 Å². The summed E-state index contributed by atoms with van der Waals surface area (Å²) in [7, 11) is 1.60. The molecule has 0 aromatic heterocycles. The summed E-state index contributed by atoms with van der Waals surface area (Å²) in [4.78, 5) is 26.7. The third kappa shape index (κ3) is 3.33. The minimum Gasteiger partial charge on any atom is -0.481 e. The highest BCUT2D eigenvalue weighted by Crippen LogP contribution is 2.28. The maximum absolute atomic E-state index is 12.4. The maximum atomic E-state index is 12.4. The molecule has 2 N–H and O–H groups in total. The quantitative estimate of drug-likeness (QED) is 0.874. The first kappa shape index (κ1) is 15.3. The molecular weight excluding hydrogens is 272 g/mol. The van der Waals surface area contributed by atoms with Crippen LogP contribution in [0.2, 0.25) is 0 Å². The Kier molecular flexibility index (Phi) is 4.47. The van der Waals surface area contributed by atoms with Crippen molar-refractivity contribution in [2.75, 3.05) is 20.1 Å². The monoisotopic (exact) mass is 292 g/mol. The largest absolute Gasteiger partial charge is 0.481 e.